The SMILES string of the molecule is Cc1ccc2[nH]c(=S)n(CCCC3CC3)c2c1. The first-order valence-corrected chi connectivity index (χ1v) is 6.84. The number of hydrogen-bond donors (Lipinski definition) is 1. The normalized spacial score (nSPS) is 15.6. The molecule has 1 aromatic carbocycles. The lowest BCUT2D eigenvalue weighted by Gasteiger charge is -2.04. The van der Waals surface area contributed by atoms with E-state index in [1.807, 2.05) is 0 Å². The van der Waals surface area contributed by atoms with Gasteiger partial charge in [-0.05, 0) is 55.6 Å². The van der Waals surface area contributed by atoms with Crippen molar-refractivity contribution in [3.63, 3.8) is 0 Å². The van der Waals surface area contributed by atoms with Gasteiger partial charge in [-0.2, -0.15) is 0 Å². The fraction of sp³-hybridized carbons (Fsp3) is 0.500. The third-order valence-corrected chi connectivity index (χ3v) is 3.94. The van der Waals surface area contributed by atoms with Crippen molar-refractivity contribution in [3.8, 4) is 0 Å². The first-order valence-electron chi connectivity index (χ1n) is 6.43. The van der Waals surface area contributed by atoms with Gasteiger partial charge in [0.25, 0.3) is 0 Å². The zero-order valence-electron chi connectivity index (χ0n) is 10.2. The number of aromatic amines is 1. The summed E-state index contributed by atoms with van der Waals surface area (Å²) >= 11 is 5.40. The van der Waals surface area contributed by atoms with Gasteiger partial charge in [-0.15, -0.1) is 0 Å². The predicted molar refractivity (Wildman–Crippen MR) is 73.8 cm³/mol. The quantitative estimate of drug-likeness (QED) is 0.802. The van der Waals surface area contributed by atoms with Crippen molar-refractivity contribution in [2.24, 2.45) is 5.92 Å². The summed E-state index contributed by atoms with van der Waals surface area (Å²) in [5.41, 5.74) is 3.71. The van der Waals surface area contributed by atoms with Crippen molar-refractivity contribution in [2.45, 2.75) is 39.2 Å². The Labute approximate surface area is 107 Å². The Morgan fingerprint density at radius 3 is 3.00 bits per heavy atom. The Morgan fingerprint density at radius 2 is 2.24 bits per heavy atom. The molecule has 1 aliphatic carbocycles. The standard InChI is InChI=1S/C14H18N2S/c1-10-4-7-12-13(9-10)16(14(17)15-12)8-2-3-11-5-6-11/h4,7,9,11H,2-3,5-6,8H2,1H3,(H,15,17). The molecule has 0 spiro atoms. The van der Waals surface area contributed by atoms with Gasteiger partial charge in [-0.3, -0.25) is 0 Å². The van der Waals surface area contributed by atoms with Crippen LogP contribution < -0.4 is 0 Å². The minimum Gasteiger partial charge on any atom is -0.331 e. The lowest BCUT2D eigenvalue weighted by Crippen LogP contribution is -1.98. The van der Waals surface area contributed by atoms with Crippen LogP contribution in [0.3, 0.4) is 0 Å². The van der Waals surface area contributed by atoms with Crippen molar-refractivity contribution in [2.75, 3.05) is 0 Å². The number of fused-ring (bicyclic) bond motifs is 1. The van der Waals surface area contributed by atoms with Gasteiger partial charge >= 0.3 is 0 Å². The largest absolute Gasteiger partial charge is 0.331 e. The van der Waals surface area contributed by atoms with Crippen LogP contribution in [0.4, 0.5) is 0 Å². The second kappa shape index (κ2) is 4.30. The number of nitrogens with one attached hydrogen (secondary N) is 1. The van der Waals surface area contributed by atoms with Gasteiger partial charge in [0.05, 0.1) is 11.0 Å². The molecule has 0 radical (unpaired) electrons. The summed E-state index contributed by atoms with van der Waals surface area (Å²) in [6, 6.07) is 6.47. The van der Waals surface area contributed by atoms with Gasteiger partial charge in [0.2, 0.25) is 0 Å². The molecule has 1 heterocycles. The summed E-state index contributed by atoms with van der Waals surface area (Å²) in [7, 11) is 0. The molecule has 0 amide bonds. The summed E-state index contributed by atoms with van der Waals surface area (Å²) in [4.78, 5) is 3.29. The van der Waals surface area contributed by atoms with Crippen LogP contribution in [0.2, 0.25) is 0 Å². The van der Waals surface area contributed by atoms with Gasteiger partial charge in [0.15, 0.2) is 4.77 Å². The zero-order chi connectivity index (χ0) is 11.8. The number of H-pyrrole nitrogens is 1. The highest BCUT2D eigenvalue weighted by atomic mass is 32.1. The van der Waals surface area contributed by atoms with Crippen molar-refractivity contribution >= 4 is 23.3 Å². The van der Waals surface area contributed by atoms with Crippen molar-refractivity contribution < 1.29 is 0 Å². The second-order valence-corrected chi connectivity index (χ2v) is 5.57. The van der Waals surface area contributed by atoms with E-state index in [1.165, 1.54) is 36.8 Å². The van der Waals surface area contributed by atoms with E-state index in [4.69, 9.17) is 12.2 Å². The molecule has 90 valence electrons. The molecule has 0 bridgehead atoms. The molecule has 1 aliphatic rings. The fourth-order valence-corrected chi connectivity index (χ4v) is 2.73. The molecule has 1 fully saturated rings. The molecule has 1 saturated carbocycles. The molecule has 0 aliphatic heterocycles. The number of benzene rings is 1. The van der Waals surface area contributed by atoms with E-state index in [9.17, 15) is 0 Å². The molecule has 3 heteroatoms. The zero-order valence-corrected chi connectivity index (χ0v) is 11.0. The molecule has 3 rings (SSSR count). The number of nitrogens with zero attached hydrogens (tertiary/aromatic N) is 1. The minimum atomic E-state index is 0.862. The van der Waals surface area contributed by atoms with Crippen LogP contribution in [0.25, 0.3) is 11.0 Å². The Balaban J connectivity index is 1.87. The first kappa shape index (κ1) is 11.0. The van der Waals surface area contributed by atoms with E-state index in [1.54, 1.807) is 0 Å². The minimum absolute atomic E-state index is 0.862. The number of imidazole rings is 1. The lowest BCUT2D eigenvalue weighted by molar-refractivity contribution is 0.582. The molecule has 2 aromatic rings. The topological polar surface area (TPSA) is 20.7 Å². The smallest absolute Gasteiger partial charge is 0.178 e. The third kappa shape index (κ3) is 2.29. The summed E-state index contributed by atoms with van der Waals surface area (Å²) < 4.78 is 3.11. The van der Waals surface area contributed by atoms with E-state index in [2.05, 4.69) is 34.7 Å². The van der Waals surface area contributed by atoms with Gasteiger partial charge < -0.3 is 9.55 Å². The van der Waals surface area contributed by atoms with E-state index in [0.717, 1.165) is 22.8 Å². The maximum absolute atomic E-state index is 5.40. The highest BCUT2D eigenvalue weighted by molar-refractivity contribution is 7.71. The molecule has 1 aromatic heterocycles. The molecule has 2 nitrogen and oxygen atoms in total. The third-order valence-electron chi connectivity index (χ3n) is 3.62. The first-order chi connectivity index (χ1) is 8.24. The fourth-order valence-electron chi connectivity index (χ4n) is 2.43. The summed E-state index contributed by atoms with van der Waals surface area (Å²) in [5.74, 6) is 1.01. The van der Waals surface area contributed by atoms with E-state index < -0.39 is 0 Å². The van der Waals surface area contributed by atoms with Crippen molar-refractivity contribution in [3.05, 3.63) is 28.5 Å². The Bertz CT molecular complexity index is 590. The molecular formula is C14H18N2S. The highest BCUT2D eigenvalue weighted by Crippen LogP contribution is 2.33. The number of aromatic nitrogens is 2. The van der Waals surface area contributed by atoms with Crippen LogP contribution >= 0.6 is 12.2 Å². The Morgan fingerprint density at radius 1 is 1.41 bits per heavy atom. The van der Waals surface area contributed by atoms with Crippen LogP contribution in [-0.4, -0.2) is 9.55 Å². The summed E-state index contributed by atoms with van der Waals surface area (Å²) in [6.45, 7) is 3.18. The van der Waals surface area contributed by atoms with Crippen LogP contribution in [0.5, 0.6) is 0 Å². The van der Waals surface area contributed by atoms with E-state index in [0.29, 0.717) is 0 Å². The van der Waals surface area contributed by atoms with Crippen LogP contribution in [-0.2, 0) is 6.54 Å². The second-order valence-electron chi connectivity index (χ2n) is 5.19. The number of rotatable bonds is 4. The van der Waals surface area contributed by atoms with E-state index in [-0.39, 0.29) is 0 Å². The van der Waals surface area contributed by atoms with E-state index >= 15 is 0 Å². The van der Waals surface area contributed by atoms with Crippen LogP contribution in [0.1, 0.15) is 31.2 Å². The van der Waals surface area contributed by atoms with Gasteiger partial charge in [-0.25, -0.2) is 0 Å². The molecular weight excluding hydrogens is 228 g/mol. The molecule has 0 saturated heterocycles. The predicted octanol–water partition coefficient (Wildman–Crippen LogP) is 4.20. The van der Waals surface area contributed by atoms with Gasteiger partial charge in [-0.1, -0.05) is 18.9 Å². The molecule has 0 unspecified atom stereocenters. The monoisotopic (exact) mass is 246 g/mol. The van der Waals surface area contributed by atoms with Crippen molar-refractivity contribution in [1.29, 1.82) is 0 Å². The average Bonchev–Trinajstić information content (AvgIpc) is 3.06. The maximum Gasteiger partial charge on any atom is 0.178 e. The number of aryl methyl sites for hydroxylation is 2. The maximum atomic E-state index is 5.40. The summed E-state index contributed by atoms with van der Waals surface area (Å²) in [6.07, 6.45) is 5.50. The van der Waals surface area contributed by atoms with Gasteiger partial charge in [0, 0.05) is 6.54 Å². The summed E-state index contributed by atoms with van der Waals surface area (Å²) in [5, 5.41) is 0. The van der Waals surface area contributed by atoms with Crippen molar-refractivity contribution in [1.82, 2.24) is 9.55 Å². The number of hydrogen-bond acceptors (Lipinski definition) is 1. The Kier molecular flexibility index (Phi) is 2.79. The van der Waals surface area contributed by atoms with Crippen LogP contribution in [0.15, 0.2) is 18.2 Å². The lowest BCUT2D eigenvalue weighted by atomic mass is 10.2. The van der Waals surface area contributed by atoms with Crippen LogP contribution in [0, 0.1) is 17.6 Å². The molecule has 17 heavy (non-hydrogen) atoms. The highest BCUT2D eigenvalue weighted by Gasteiger charge is 2.20. The van der Waals surface area contributed by atoms with Gasteiger partial charge in [0.1, 0.15) is 0 Å². The molecule has 1 N–H and O–H groups in total. The molecule has 0 atom stereocenters. The Hall–Kier alpha value is -1.09. The average molecular weight is 246 g/mol.